The van der Waals surface area contributed by atoms with Gasteiger partial charge in [-0.15, -0.1) is 0 Å². The van der Waals surface area contributed by atoms with Crippen molar-refractivity contribution in [2.75, 3.05) is 31.2 Å². The molecule has 0 saturated heterocycles. The van der Waals surface area contributed by atoms with E-state index in [2.05, 4.69) is 5.32 Å². The van der Waals surface area contributed by atoms with Gasteiger partial charge in [0.15, 0.2) is 0 Å². The van der Waals surface area contributed by atoms with Crippen LogP contribution in [0.15, 0.2) is 12.1 Å². The first kappa shape index (κ1) is 10.6. The van der Waals surface area contributed by atoms with Crippen LogP contribution < -0.4 is 21.5 Å². The maximum atomic E-state index is 13.3. The Morgan fingerprint density at radius 2 is 2.21 bits per heavy atom. The molecule has 0 saturated carbocycles. The Balaban J connectivity index is 2.92. The van der Waals surface area contributed by atoms with E-state index in [0.29, 0.717) is 24.5 Å². The number of halogens is 1. The summed E-state index contributed by atoms with van der Waals surface area (Å²) in [6, 6.07) is 2.73. The highest BCUT2D eigenvalue weighted by atomic mass is 19.1. The van der Waals surface area contributed by atoms with Crippen molar-refractivity contribution < 1.29 is 9.13 Å². The maximum absolute atomic E-state index is 13.3. The molecule has 4 nitrogen and oxygen atoms in total. The Kier molecular flexibility index (Phi) is 3.53. The molecule has 1 rings (SSSR count). The van der Waals surface area contributed by atoms with Crippen molar-refractivity contribution in [3.05, 3.63) is 17.9 Å². The summed E-state index contributed by atoms with van der Waals surface area (Å²) >= 11 is 0. The first-order valence-electron chi connectivity index (χ1n) is 4.26. The highest BCUT2D eigenvalue weighted by Gasteiger charge is 2.07. The molecule has 5 heteroatoms. The van der Waals surface area contributed by atoms with Gasteiger partial charge in [0.05, 0.1) is 18.5 Å². The monoisotopic (exact) mass is 199 g/mol. The van der Waals surface area contributed by atoms with Crippen LogP contribution in [0.5, 0.6) is 5.75 Å². The molecule has 5 N–H and O–H groups in total. The molecule has 14 heavy (non-hydrogen) atoms. The van der Waals surface area contributed by atoms with Crippen molar-refractivity contribution in [3.8, 4) is 5.75 Å². The molecule has 1 aromatic carbocycles. The number of hydrogen-bond donors (Lipinski definition) is 3. The molecule has 0 amide bonds. The predicted molar refractivity (Wildman–Crippen MR) is 54.9 cm³/mol. The summed E-state index contributed by atoms with van der Waals surface area (Å²) < 4.78 is 18.2. The second-order valence-corrected chi connectivity index (χ2v) is 2.79. The summed E-state index contributed by atoms with van der Waals surface area (Å²) in [5.41, 5.74) is 11.4. The van der Waals surface area contributed by atoms with Gasteiger partial charge in [-0.3, -0.25) is 0 Å². The third-order valence-corrected chi connectivity index (χ3v) is 1.78. The molecule has 0 bridgehead atoms. The molecular formula is C9H14FN3O. The summed E-state index contributed by atoms with van der Waals surface area (Å²) in [5, 5.41) is 2.83. The Labute approximate surface area is 82.0 Å². The van der Waals surface area contributed by atoms with E-state index in [1.165, 1.54) is 19.2 Å². The van der Waals surface area contributed by atoms with Crippen LogP contribution in [0.4, 0.5) is 15.8 Å². The molecule has 0 atom stereocenters. The van der Waals surface area contributed by atoms with Crippen LogP contribution in [-0.2, 0) is 0 Å². The lowest BCUT2D eigenvalue weighted by Crippen LogP contribution is -2.14. The molecule has 0 fully saturated rings. The first-order chi connectivity index (χ1) is 6.69. The second-order valence-electron chi connectivity index (χ2n) is 2.79. The Hall–Kier alpha value is -1.49. The fourth-order valence-electron chi connectivity index (χ4n) is 1.09. The molecule has 0 aliphatic carbocycles. The molecule has 0 aliphatic heterocycles. The van der Waals surface area contributed by atoms with Crippen molar-refractivity contribution in [1.82, 2.24) is 0 Å². The molecule has 0 unspecified atom stereocenters. The van der Waals surface area contributed by atoms with E-state index in [0.717, 1.165) is 0 Å². The van der Waals surface area contributed by atoms with Crippen LogP contribution in [0.25, 0.3) is 0 Å². The van der Waals surface area contributed by atoms with E-state index in [1.54, 1.807) is 0 Å². The Morgan fingerprint density at radius 3 is 2.79 bits per heavy atom. The third kappa shape index (κ3) is 2.26. The number of hydrogen-bond acceptors (Lipinski definition) is 4. The zero-order valence-corrected chi connectivity index (χ0v) is 8.01. The number of nitrogens with two attached hydrogens (primary N) is 2. The summed E-state index contributed by atoms with van der Waals surface area (Å²) in [7, 11) is 1.48. The lowest BCUT2D eigenvalue weighted by Gasteiger charge is -2.10. The van der Waals surface area contributed by atoms with Gasteiger partial charge in [0.2, 0.25) is 0 Å². The maximum Gasteiger partial charge on any atom is 0.148 e. The molecule has 0 heterocycles. The number of nitrogen functional groups attached to an aromatic ring is 1. The SMILES string of the molecule is COc1cc(NCCN)c(F)cc1N. The average molecular weight is 199 g/mol. The van der Waals surface area contributed by atoms with E-state index < -0.39 is 5.82 Å². The molecule has 78 valence electrons. The largest absolute Gasteiger partial charge is 0.495 e. The van der Waals surface area contributed by atoms with Gasteiger partial charge in [-0.25, -0.2) is 4.39 Å². The van der Waals surface area contributed by atoms with Crippen molar-refractivity contribution in [2.24, 2.45) is 5.73 Å². The van der Waals surface area contributed by atoms with Crippen LogP contribution >= 0.6 is 0 Å². The zero-order valence-electron chi connectivity index (χ0n) is 8.01. The minimum atomic E-state index is -0.406. The number of methoxy groups -OCH3 is 1. The summed E-state index contributed by atoms with van der Waals surface area (Å²) in [4.78, 5) is 0. The standard InChI is InChI=1S/C9H14FN3O/c1-14-9-5-8(13-3-2-11)6(10)4-7(9)12/h4-5,13H,2-3,11-12H2,1H3. The number of nitrogens with one attached hydrogen (secondary N) is 1. The van der Waals surface area contributed by atoms with Gasteiger partial charge in [0.25, 0.3) is 0 Å². The average Bonchev–Trinajstić information content (AvgIpc) is 2.17. The van der Waals surface area contributed by atoms with Crippen LogP contribution in [-0.4, -0.2) is 20.2 Å². The van der Waals surface area contributed by atoms with E-state index in [4.69, 9.17) is 16.2 Å². The fourth-order valence-corrected chi connectivity index (χ4v) is 1.09. The van der Waals surface area contributed by atoms with Gasteiger partial charge >= 0.3 is 0 Å². The van der Waals surface area contributed by atoms with Gasteiger partial charge in [0.1, 0.15) is 11.6 Å². The molecule has 0 radical (unpaired) electrons. The smallest absolute Gasteiger partial charge is 0.148 e. The van der Waals surface area contributed by atoms with Crippen LogP contribution in [0, 0.1) is 5.82 Å². The predicted octanol–water partition coefficient (Wildman–Crippen LogP) is 0.787. The van der Waals surface area contributed by atoms with Crippen molar-refractivity contribution >= 4 is 11.4 Å². The highest BCUT2D eigenvalue weighted by molar-refractivity contribution is 5.62. The van der Waals surface area contributed by atoms with E-state index in [9.17, 15) is 4.39 Å². The number of anilines is 2. The summed E-state index contributed by atoms with van der Waals surface area (Å²) in [6.07, 6.45) is 0. The number of rotatable bonds is 4. The van der Waals surface area contributed by atoms with Gasteiger partial charge < -0.3 is 21.5 Å². The second kappa shape index (κ2) is 4.66. The minimum Gasteiger partial charge on any atom is -0.495 e. The molecule has 1 aromatic rings. The lowest BCUT2D eigenvalue weighted by molar-refractivity contribution is 0.416. The van der Waals surface area contributed by atoms with Gasteiger partial charge in [0, 0.05) is 25.2 Å². The van der Waals surface area contributed by atoms with E-state index in [-0.39, 0.29) is 5.69 Å². The molecule has 0 aliphatic rings. The highest BCUT2D eigenvalue weighted by Crippen LogP contribution is 2.27. The van der Waals surface area contributed by atoms with E-state index in [1.807, 2.05) is 0 Å². The Bertz CT molecular complexity index is 317. The molecule has 0 aromatic heterocycles. The molecular weight excluding hydrogens is 185 g/mol. The van der Waals surface area contributed by atoms with Crippen LogP contribution in [0.2, 0.25) is 0 Å². The van der Waals surface area contributed by atoms with Crippen molar-refractivity contribution in [3.63, 3.8) is 0 Å². The minimum absolute atomic E-state index is 0.281. The normalized spacial score (nSPS) is 9.93. The van der Waals surface area contributed by atoms with E-state index >= 15 is 0 Å². The van der Waals surface area contributed by atoms with Gasteiger partial charge in [-0.2, -0.15) is 0 Å². The number of ether oxygens (including phenoxy) is 1. The summed E-state index contributed by atoms with van der Waals surface area (Å²) in [5.74, 6) is 0.0441. The summed E-state index contributed by atoms with van der Waals surface area (Å²) in [6.45, 7) is 0.941. The topological polar surface area (TPSA) is 73.3 Å². The van der Waals surface area contributed by atoms with Crippen molar-refractivity contribution in [2.45, 2.75) is 0 Å². The molecule has 0 spiro atoms. The van der Waals surface area contributed by atoms with Gasteiger partial charge in [-0.05, 0) is 0 Å². The number of benzene rings is 1. The first-order valence-corrected chi connectivity index (χ1v) is 4.26. The zero-order chi connectivity index (χ0) is 10.6. The van der Waals surface area contributed by atoms with Gasteiger partial charge in [-0.1, -0.05) is 0 Å². The van der Waals surface area contributed by atoms with Crippen LogP contribution in [0.3, 0.4) is 0 Å². The van der Waals surface area contributed by atoms with Crippen LogP contribution in [0.1, 0.15) is 0 Å². The van der Waals surface area contributed by atoms with Crippen molar-refractivity contribution in [1.29, 1.82) is 0 Å². The lowest BCUT2D eigenvalue weighted by atomic mass is 10.2. The Morgan fingerprint density at radius 1 is 1.50 bits per heavy atom. The quantitative estimate of drug-likeness (QED) is 0.627. The fraction of sp³-hybridized carbons (Fsp3) is 0.333. The third-order valence-electron chi connectivity index (χ3n) is 1.78.